The van der Waals surface area contributed by atoms with E-state index in [1.165, 1.54) is 12.8 Å². The molecule has 2 atom stereocenters. The van der Waals surface area contributed by atoms with Crippen LogP contribution in [0.2, 0.25) is 0 Å². The minimum Gasteiger partial charge on any atom is -0.311 e. The van der Waals surface area contributed by atoms with E-state index in [4.69, 9.17) is 0 Å². The minimum absolute atomic E-state index is 0.688. The summed E-state index contributed by atoms with van der Waals surface area (Å²) < 4.78 is 0. The third kappa shape index (κ3) is 1.22. The van der Waals surface area contributed by atoms with E-state index in [0.29, 0.717) is 12.1 Å². The molecule has 0 spiro atoms. The molecule has 0 unspecified atom stereocenters. The van der Waals surface area contributed by atoms with Gasteiger partial charge in [-0.15, -0.1) is 0 Å². The van der Waals surface area contributed by atoms with Crippen molar-refractivity contribution in [2.45, 2.75) is 24.9 Å². The maximum Gasteiger partial charge on any atom is 0.0227 e. The highest BCUT2D eigenvalue weighted by molar-refractivity contribution is 4.97. The molecule has 2 bridgehead atoms. The van der Waals surface area contributed by atoms with Crippen molar-refractivity contribution < 1.29 is 0 Å². The zero-order chi connectivity index (χ0) is 6.81. The Bertz CT molecular complexity index is 118. The van der Waals surface area contributed by atoms with Gasteiger partial charge < -0.3 is 10.6 Å². The standard InChI is InChI=1S/C8H14N2/c1-2-4-8-6-9-7(3-1)5-10-8/h1-2,7-10H,3-6H2/t7-,8-/m0/s1. The third-order valence-corrected chi connectivity index (χ3v) is 2.31. The lowest BCUT2D eigenvalue weighted by atomic mass is 10.0. The summed E-state index contributed by atoms with van der Waals surface area (Å²) in [6.07, 6.45) is 6.98. The second-order valence-electron chi connectivity index (χ2n) is 3.15. The molecular weight excluding hydrogens is 124 g/mol. The second kappa shape index (κ2) is 2.72. The second-order valence-corrected chi connectivity index (χ2v) is 3.15. The van der Waals surface area contributed by atoms with Gasteiger partial charge >= 0.3 is 0 Å². The summed E-state index contributed by atoms with van der Waals surface area (Å²) in [5.74, 6) is 0. The molecule has 3 heterocycles. The maximum atomic E-state index is 3.51. The predicted molar refractivity (Wildman–Crippen MR) is 42.0 cm³/mol. The van der Waals surface area contributed by atoms with Gasteiger partial charge in [-0.25, -0.2) is 0 Å². The average molecular weight is 138 g/mol. The van der Waals surface area contributed by atoms with Crippen molar-refractivity contribution in [1.29, 1.82) is 0 Å². The van der Waals surface area contributed by atoms with E-state index in [9.17, 15) is 0 Å². The lowest BCUT2D eigenvalue weighted by Crippen LogP contribution is -2.54. The van der Waals surface area contributed by atoms with E-state index in [2.05, 4.69) is 22.8 Å². The third-order valence-electron chi connectivity index (χ3n) is 2.31. The van der Waals surface area contributed by atoms with Crippen LogP contribution >= 0.6 is 0 Å². The van der Waals surface area contributed by atoms with Gasteiger partial charge in [0.1, 0.15) is 0 Å². The number of fused-ring (bicyclic) bond motifs is 4. The average Bonchev–Trinajstić information content (AvgIpc) is 1.89. The van der Waals surface area contributed by atoms with Crippen LogP contribution < -0.4 is 10.6 Å². The van der Waals surface area contributed by atoms with Crippen LogP contribution in [0.15, 0.2) is 12.2 Å². The Labute approximate surface area is 61.7 Å². The molecule has 0 radical (unpaired) electrons. The lowest BCUT2D eigenvalue weighted by molar-refractivity contribution is 0.340. The van der Waals surface area contributed by atoms with Gasteiger partial charge in [0.2, 0.25) is 0 Å². The van der Waals surface area contributed by atoms with Crippen LogP contribution in [-0.4, -0.2) is 25.2 Å². The predicted octanol–water partition coefficient (Wildman–Crippen LogP) is 0.266. The maximum absolute atomic E-state index is 3.51. The molecule has 3 aliphatic heterocycles. The largest absolute Gasteiger partial charge is 0.311 e. The smallest absolute Gasteiger partial charge is 0.0227 e. The van der Waals surface area contributed by atoms with Gasteiger partial charge in [0, 0.05) is 25.2 Å². The first-order chi connectivity index (χ1) is 4.95. The molecule has 3 aliphatic rings. The van der Waals surface area contributed by atoms with Crippen molar-refractivity contribution in [3.05, 3.63) is 12.2 Å². The van der Waals surface area contributed by atoms with Crippen molar-refractivity contribution in [3.63, 3.8) is 0 Å². The zero-order valence-electron chi connectivity index (χ0n) is 6.14. The van der Waals surface area contributed by atoms with Crippen LogP contribution in [0.5, 0.6) is 0 Å². The molecule has 0 aliphatic carbocycles. The number of nitrogens with one attached hydrogen (secondary N) is 2. The highest BCUT2D eigenvalue weighted by Gasteiger charge is 2.19. The van der Waals surface area contributed by atoms with E-state index in [1.54, 1.807) is 0 Å². The molecule has 1 saturated heterocycles. The van der Waals surface area contributed by atoms with Crippen LogP contribution in [0.1, 0.15) is 12.8 Å². The van der Waals surface area contributed by atoms with Crippen molar-refractivity contribution in [2.75, 3.05) is 13.1 Å². The van der Waals surface area contributed by atoms with E-state index in [1.807, 2.05) is 0 Å². The molecule has 1 fully saturated rings. The van der Waals surface area contributed by atoms with E-state index < -0.39 is 0 Å². The van der Waals surface area contributed by atoms with Crippen molar-refractivity contribution in [1.82, 2.24) is 10.6 Å². The van der Waals surface area contributed by atoms with Crippen molar-refractivity contribution in [2.24, 2.45) is 0 Å². The molecule has 2 N–H and O–H groups in total. The molecule has 56 valence electrons. The summed E-state index contributed by atoms with van der Waals surface area (Å²) in [7, 11) is 0. The van der Waals surface area contributed by atoms with Gasteiger partial charge in [-0.3, -0.25) is 0 Å². The molecule has 10 heavy (non-hydrogen) atoms. The first kappa shape index (κ1) is 6.38. The lowest BCUT2D eigenvalue weighted by Gasteiger charge is -2.31. The number of hydrogen-bond acceptors (Lipinski definition) is 2. The molecular formula is C8H14N2. The van der Waals surface area contributed by atoms with Crippen molar-refractivity contribution in [3.8, 4) is 0 Å². The van der Waals surface area contributed by atoms with E-state index in [-0.39, 0.29) is 0 Å². The highest BCUT2D eigenvalue weighted by atomic mass is 15.1. The number of hydrogen-bond donors (Lipinski definition) is 2. The fraction of sp³-hybridized carbons (Fsp3) is 0.750. The summed E-state index contributed by atoms with van der Waals surface area (Å²) >= 11 is 0. The zero-order valence-corrected chi connectivity index (χ0v) is 6.14. The van der Waals surface area contributed by atoms with Gasteiger partial charge in [0.05, 0.1) is 0 Å². The summed E-state index contributed by atoms with van der Waals surface area (Å²) in [5.41, 5.74) is 0. The number of rotatable bonds is 0. The van der Waals surface area contributed by atoms with E-state index >= 15 is 0 Å². The Kier molecular flexibility index (Phi) is 1.74. The molecule has 0 aromatic heterocycles. The Morgan fingerprint density at radius 1 is 0.900 bits per heavy atom. The normalized spacial score (nSPS) is 39.2. The molecule has 0 saturated carbocycles. The van der Waals surface area contributed by atoms with Crippen LogP contribution in [-0.2, 0) is 0 Å². The molecule has 0 aromatic rings. The number of piperazine rings is 1. The minimum atomic E-state index is 0.688. The quantitative estimate of drug-likeness (QED) is 0.469. The molecule has 0 aromatic carbocycles. The topological polar surface area (TPSA) is 24.1 Å². The van der Waals surface area contributed by atoms with Crippen LogP contribution in [0.25, 0.3) is 0 Å². The summed E-state index contributed by atoms with van der Waals surface area (Å²) in [4.78, 5) is 0. The van der Waals surface area contributed by atoms with Crippen LogP contribution in [0.4, 0.5) is 0 Å². The Hall–Kier alpha value is -0.340. The van der Waals surface area contributed by atoms with E-state index in [0.717, 1.165) is 13.1 Å². The SMILES string of the molecule is C1=CC[C@H]2CN[C@@H](C1)CN2. The van der Waals surface area contributed by atoms with Gasteiger partial charge in [-0.1, -0.05) is 12.2 Å². The molecule has 2 heteroatoms. The Morgan fingerprint density at radius 2 is 1.40 bits per heavy atom. The monoisotopic (exact) mass is 138 g/mol. The fourth-order valence-electron chi connectivity index (χ4n) is 1.62. The first-order valence-electron chi connectivity index (χ1n) is 4.07. The van der Waals surface area contributed by atoms with Crippen molar-refractivity contribution >= 4 is 0 Å². The van der Waals surface area contributed by atoms with Crippen LogP contribution in [0.3, 0.4) is 0 Å². The Balaban J connectivity index is 2.06. The van der Waals surface area contributed by atoms with Gasteiger partial charge in [0.25, 0.3) is 0 Å². The highest BCUT2D eigenvalue weighted by Crippen LogP contribution is 2.06. The summed E-state index contributed by atoms with van der Waals surface area (Å²) in [6.45, 7) is 2.30. The van der Waals surface area contributed by atoms with Gasteiger partial charge in [-0.2, -0.15) is 0 Å². The van der Waals surface area contributed by atoms with Gasteiger partial charge in [-0.05, 0) is 12.8 Å². The first-order valence-corrected chi connectivity index (χ1v) is 4.07. The molecule has 3 rings (SSSR count). The summed E-state index contributed by atoms with van der Waals surface area (Å²) in [6, 6.07) is 1.38. The molecule has 0 amide bonds. The van der Waals surface area contributed by atoms with Crippen LogP contribution in [0, 0.1) is 0 Å². The Morgan fingerprint density at radius 3 is 1.80 bits per heavy atom. The van der Waals surface area contributed by atoms with Gasteiger partial charge in [0.15, 0.2) is 0 Å². The molecule has 2 nitrogen and oxygen atoms in total. The fourth-order valence-corrected chi connectivity index (χ4v) is 1.62. The summed E-state index contributed by atoms with van der Waals surface area (Å²) in [5, 5.41) is 7.01.